The molecule has 0 fully saturated rings. The van der Waals surface area contributed by atoms with Crippen molar-refractivity contribution in [3.63, 3.8) is 0 Å². The van der Waals surface area contributed by atoms with Crippen LogP contribution in [-0.2, 0) is 0 Å². The lowest BCUT2D eigenvalue weighted by Crippen LogP contribution is -1.95. The monoisotopic (exact) mass is 179 g/mol. The van der Waals surface area contributed by atoms with Crippen LogP contribution in [-0.4, -0.2) is 6.54 Å². The highest BCUT2D eigenvalue weighted by Gasteiger charge is 1.86. The predicted octanol–water partition coefficient (Wildman–Crippen LogP) is 3.84. The van der Waals surface area contributed by atoms with Crippen LogP contribution in [0.3, 0.4) is 0 Å². The summed E-state index contributed by atoms with van der Waals surface area (Å²) in [6, 6.07) is 8.41. The second-order valence-corrected chi connectivity index (χ2v) is 3.10. The zero-order valence-electron chi connectivity index (χ0n) is 9.22. The first kappa shape index (κ1) is 12.0. The molecule has 0 aromatic heterocycles. The van der Waals surface area contributed by atoms with Gasteiger partial charge in [-0.15, -0.1) is 0 Å². The molecule has 0 atom stereocenters. The van der Waals surface area contributed by atoms with Gasteiger partial charge in [-0.2, -0.15) is 0 Å². The summed E-state index contributed by atoms with van der Waals surface area (Å²) in [6.45, 7) is 9.43. The minimum atomic E-state index is 0.989. The number of nitrogens with one attached hydrogen (secondary N) is 1. The fourth-order valence-corrected chi connectivity index (χ4v) is 0.876. The van der Waals surface area contributed by atoms with E-state index >= 15 is 0 Å². The van der Waals surface area contributed by atoms with E-state index < -0.39 is 0 Å². The SMILES string of the molecule is CCC.CCNc1ccc(C)cc1. The summed E-state index contributed by atoms with van der Waals surface area (Å²) >= 11 is 0. The summed E-state index contributed by atoms with van der Waals surface area (Å²) in [5, 5.41) is 3.23. The number of rotatable bonds is 2. The van der Waals surface area contributed by atoms with Crippen LogP contribution in [0.4, 0.5) is 5.69 Å². The molecule has 0 aliphatic heterocycles. The van der Waals surface area contributed by atoms with E-state index in [2.05, 4.69) is 57.3 Å². The molecule has 1 aromatic rings. The topological polar surface area (TPSA) is 12.0 Å². The summed E-state index contributed by atoms with van der Waals surface area (Å²) in [7, 11) is 0. The molecule has 1 N–H and O–H groups in total. The normalized spacial score (nSPS) is 8.62. The lowest BCUT2D eigenvalue weighted by molar-refractivity contribution is 1.09. The van der Waals surface area contributed by atoms with Gasteiger partial charge in [-0.05, 0) is 26.0 Å². The van der Waals surface area contributed by atoms with Gasteiger partial charge in [-0.25, -0.2) is 0 Å². The van der Waals surface area contributed by atoms with Crippen LogP contribution in [0.2, 0.25) is 0 Å². The van der Waals surface area contributed by atoms with Crippen molar-refractivity contribution in [1.82, 2.24) is 0 Å². The average Bonchev–Trinajstić information content (AvgIpc) is 2.11. The van der Waals surface area contributed by atoms with Crippen molar-refractivity contribution in [2.75, 3.05) is 11.9 Å². The van der Waals surface area contributed by atoms with E-state index in [1.807, 2.05) is 0 Å². The lowest BCUT2D eigenvalue weighted by Gasteiger charge is -2.01. The van der Waals surface area contributed by atoms with Crippen LogP contribution in [0.1, 0.15) is 32.8 Å². The molecule has 13 heavy (non-hydrogen) atoms. The van der Waals surface area contributed by atoms with Gasteiger partial charge in [0.15, 0.2) is 0 Å². The van der Waals surface area contributed by atoms with Gasteiger partial charge in [0.1, 0.15) is 0 Å². The zero-order chi connectivity index (χ0) is 10.1. The highest BCUT2D eigenvalue weighted by atomic mass is 14.8. The number of hydrogen-bond acceptors (Lipinski definition) is 1. The van der Waals surface area contributed by atoms with E-state index in [0.717, 1.165) is 6.54 Å². The maximum atomic E-state index is 3.23. The molecule has 0 saturated heterocycles. The largest absolute Gasteiger partial charge is 0.385 e. The Bertz CT molecular complexity index is 201. The van der Waals surface area contributed by atoms with Crippen molar-refractivity contribution in [3.8, 4) is 0 Å². The molecule has 0 heterocycles. The first-order valence-electron chi connectivity index (χ1n) is 5.05. The third-order valence-electron chi connectivity index (χ3n) is 1.43. The number of anilines is 1. The molecule has 0 bridgehead atoms. The second-order valence-electron chi connectivity index (χ2n) is 3.10. The van der Waals surface area contributed by atoms with E-state index in [9.17, 15) is 0 Å². The van der Waals surface area contributed by atoms with Gasteiger partial charge in [0.2, 0.25) is 0 Å². The molecular formula is C12H21N. The Morgan fingerprint density at radius 1 is 1.00 bits per heavy atom. The van der Waals surface area contributed by atoms with Gasteiger partial charge in [-0.3, -0.25) is 0 Å². The van der Waals surface area contributed by atoms with Gasteiger partial charge < -0.3 is 5.32 Å². The zero-order valence-corrected chi connectivity index (χ0v) is 9.22. The van der Waals surface area contributed by atoms with Gasteiger partial charge >= 0.3 is 0 Å². The summed E-state index contributed by atoms with van der Waals surface area (Å²) < 4.78 is 0. The van der Waals surface area contributed by atoms with Gasteiger partial charge in [-0.1, -0.05) is 38.0 Å². The summed E-state index contributed by atoms with van der Waals surface area (Å²) in [4.78, 5) is 0. The molecule has 1 heteroatoms. The first-order valence-corrected chi connectivity index (χ1v) is 5.05. The van der Waals surface area contributed by atoms with Crippen molar-refractivity contribution in [2.24, 2.45) is 0 Å². The third kappa shape index (κ3) is 6.21. The first-order chi connectivity index (χ1) is 6.24. The van der Waals surface area contributed by atoms with E-state index in [4.69, 9.17) is 0 Å². The van der Waals surface area contributed by atoms with E-state index in [1.54, 1.807) is 0 Å². The highest BCUT2D eigenvalue weighted by molar-refractivity contribution is 5.43. The maximum absolute atomic E-state index is 3.23. The quantitative estimate of drug-likeness (QED) is 0.727. The van der Waals surface area contributed by atoms with Gasteiger partial charge in [0.05, 0.1) is 0 Å². The molecule has 0 aliphatic rings. The molecule has 1 rings (SSSR count). The summed E-state index contributed by atoms with van der Waals surface area (Å²) in [5.41, 5.74) is 2.51. The van der Waals surface area contributed by atoms with E-state index in [0.29, 0.717) is 0 Å². The predicted molar refractivity (Wildman–Crippen MR) is 61.3 cm³/mol. The Hall–Kier alpha value is -0.980. The molecule has 0 spiro atoms. The molecule has 74 valence electrons. The molecule has 0 amide bonds. The van der Waals surface area contributed by atoms with Crippen LogP contribution >= 0.6 is 0 Å². The van der Waals surface area contributed by atoms with Crippen LogP contribution in [0, 0.1) is 6.92 Å². The molecule has 0 radical (unpaired) electrons. The Morgan fingerprint density at radius 2 is 1.46 bits per heavy atom. The van der Waals surface area contributed by atoms with Crippen molar-refractivity contribution in [1.29, 1.82) is 0 Å². The third-order valence-corrected chi connectivity index (χ3v) is 1.43. The lowest BCUT2D eigenvalue weighted by atomic mass is 10.2. The molecule has 0 saturated carbocycles. The van der Waals surface area contributed by atoms with Crippen molar-refractivity contribution < 1.29 is 0 Å². The van der Waals surface area contributed by atoms with Gasteiger partial charge in [0.25, 0.3) is 0 Å². The van der Waals surface area contributed by atoms with Crippen LogP contribution in [0.25, 0.3) is 0 Å². The fraction of sp³-hybridized carbons (Fsp3) is 0.500. The van der Waals surface area contributed by atoms with Gasteiger partial charge in [0, 0.05) is 12.2 Å². The van der Waals surface area contributed by atoms with E-state index in [1.165, 1.54) is 17.7 Å². The van der Waals surface area contributed by atoms with Crippen LogP contribution in [0.5, 0.6) is 0 Å². The Kier molecular flexibility index (Phi) is 7.08. The smallest absolute Gasteiger partial charge is 0.0340 e. The molecule has 1 nitrogen and oxygen atoms in total. The average molecular weight is 179 g/mol. The minimum absolute atomic E-state index is 0.989. The number of benzene rings is 1. The maximum Gasteiger partial charge on any atom is 0.0340 e. The highest BCUT2D eigenvalue weighted by Crippen LogP contribution is 2.07. The van der Waals surface area contributed by atoms with Crippen molar-refractivity contribution >= 4 is 5.69 Å². The Balaban J connectivity index is 0.000000424. The fourth-order valence-electron chi connectivity index (χ4n) is 0.876. The Morgan fingerprint density at radius 3 is 1.85 bits per heavy atom. The molecule has 0 unspecified atom stereocenters. The van der Waals surface area contributed by atoms with Crippen LogP contribution in [0.15, 0.2) is 24.3 Å². The molecular weight excluding hydrogens is 158 g/mol. The standard InChI is InChI=1S/C9H13N.C3H8/c1-3-10-9-6-4-8(2)5-7-9;1-3-2/h4-7,10H,3H2,1-2H3;3H2,1-2H3. The second kappa shape index (κ2) is 7.66. The van der Waals surface area contributed by atoms with E-state index in [-0.39, 0.29) is 0 Å². The Labute approximate surface area is 82.2 Å². The van der Waals surface area contributed by atoms with Crippen LogP contribution < -0.4 is 5.32 Å². The summed E-state index contributed by atoms with van der Waals surface area (Å²) in [5.74, 6) is 0. The van der Waals surface area contributed by atoms with Crippen molar-refractivity contribution in [3.05, 3.63) is 29.8 Å². The van der Waals surface area contributed by atoms with Crippen molar-refractivity contribution in [2.45, 2.75) is 34.1 Å². The molecule has 1 aromatic carbocycles. The summed E-state index contributed by atoms with van der Waals surface area (Å²) in [6.07, 6.45) is 1.25. The number of hydrogen-bond donors (Lipinski definition) is 1. The molecule has 0 aliphatic carbocycles. The number of aryl methyl sites for hydroxylation is 1. The minimum Gasteiger partial charge on any atom is -0.385 e.